The Kier molecular flexibility index (Phi) is 3.09. The number of hydrogen-bond acceptors (Lipinski definition) is 2. The molecule has 0 saturated carbocycles. The standard InChI is InChI=1S/C10H9BrClN3/c11-6-1-2-8(9(12)3-6)10-4-7(5-13)14-15-10/h1-4H,5,13H2,(H,14,15). The van der Waals surface area contributed by atoms with Crippen molar-refractivity contribution in [2.75, 3.05) is 0 Å². The molecule has 0 saturated heterocycles. The molecule has 0 amide bonds. The van der Waals surface area contributed by atoms with Gasteiger partial charge in [0.05, 0.1) is 10.7 Å². The molecule has 0 radical (unpaired) electrons. The lowest BCUT2D eigenvalue weighted by Gasteiger charge is -2.00. The van der Waals surface area contributed by atoms with Gasteiger partial charge in [-0.15, -0.1) is 0 Å². The van der Waals surface area contributed by atoms with Crippen molar-refractivity contribution >= 4 is 27.5 Å². The van der Waals surface area contributed by atoms with Gasteiger partial charge in [-0.25, -0.2) is 0 Å². The Labute approximate surface area is 101 Å². The van der Waals surface area contributed by atoms with E-state index in [1.54, 1.807) is 0 Å². The van der Waals surface area contributed by atoms with Gasteiger partial charge in [0.2, 0.25) is 0 Å². The van der Waals surface area contributed by atoms with E-state index in [-0.39, 0.29) is 0 Å². The molecule has 0 aliphatic rings. The molecule has 78 valence electrons. The van der Waals surface area contributed by atoms with E-state index in [0.29, 0.717) is 11.6 Å². The van der Waals surface area contributed by atoms with Crippen LogP contribution < -0.4 is 5.73 Å². The lowest BCUT2D eigenvalue weighted by molar-refractivity contribution is 0.948. The fourth-order valence-electron chi connectivity index (χ4n) is 1.30. The Morgan fingerprint density at radius 1 is 1.40 bits per heavy atom. The molecule has 2 aromatic rings. The van der Waals surface area contributed by atoms with E-state index in [2.05, 4.69) is 26.1 Å². The van der Waals surface area contributed by atoms with Gasteiger partial charge in [0.25, 0.3) is 0 Å². The van der Waals surface area contributed by atoms with Gasteiger partial charge >= 0.3 is 0 Å². The third-order valence-corrected chi connectivity index (χ3v) is 2.86. The first kappa shape index (κ1) is 10.7. The Morgan fingerprint density at radius 3 is 2.80 bits per heavy atom. The van der Waals surface area contributed by atoms with Gasteiger partial charge in [0.1, 0.15) is 0 Å². The highest BCUT2D eigenvalue weighted by atomic mass is 79.9. The van der Waals surface area contributed by atoms with Gasteiger partial charge in [-0.3, -0.25) is 5.10 Å². The molecule has 0 atom stereocenters. The SMILES string of the molecule is NCc1cc(-c2ccc(Br)cc2Cl)n[nH]1. The summed E-state index contributed by atoms with van der Waals surface area (Å²) in [6, 6.07) is 7.59. The van der Waals surface area contributed by atoms with Gasteiger partial charge in [0, 0.05) is 22.3 Å². The van der Waals surface area contributed by atoms with E-state index >= 15 is 0 Å². The zero-order valence-corrected chi connectivity index (χ0v) is 10.1. The molecule has 0 unspecified atom stereocenters. The molecule has 1 heterocycles. The second kappa shape index (κ2) is 4.35. The van der Waals surface area contributed by atoms with E-state index in [9.17, 15) is 0 Å². The predicted octanol–water partition coefficient (Wildman–Crippen LogP) is 2.95. The molecule has 0 bridgehead atoms. The minimum Gasteiger partial charge on any atom is -0.325 e. The number of halogens is 2. The van der Waals surface area contributed by atoms with E-state index in [4.69, 9.17) is 17.3 Å². The minimum atomic E-state index is 0.446. The van der Waals surface area contributed by atoms with E-state index in [1.165, 1.54) is 0 Å². The maximum absolute atomic E-state index is 6.10. The summed E-state index contributed by atoms with van der Waals surface area (Å²) in [6.45, 7) is 0.446. The number of nitrogens with two attached hydrogens (primary N) is 1. The molecule has 5 heteroatoms. The van der Waals surface area contributed by atoms with Crippen LogP contribution in [0, 0.1) is 0 Å². The van der Waals surface area contributed by atoms with Crippen LogP contribution in [0.1, 0.15) is 5.69 Å². The van der Waals surface area contributed by atoms with Crippen molar-refractivity contribution in [3.05, 3.63) is 39.5 Å². The number of H-pyrrole nitrogens is 1. The number of benzene rings is 1. The molecule has 3 nitrogen and oxygen atoms in total. The van der Waals surface area contributed by atoms with Crippen LogP contribution in [-0.4, -0.2) is 10.2 Å². The lowest BCUT2D eigenvalue weighted by Crippen LogP contribution is -1.95. The highest BCUT2D eigenvalue weighted by molar-refractivity contribution is 9.10. The number of nitrogens with zero attached hydrogens (tertiary/aromatic N) is 1. The van der Waals surface area contributed by atoms with Crippen LogP contribution in [0.2, 0.25) is 5.02 Å². The molecule has 3 N–H and O–H groups in total. The van der Waals surface area contributed by atoms with Crippen LogP contribution >= 0.6 is 27.5 Å². The molecule has 0 aliphatic carbocycles. The third-order valence-electron chi connectivity index (χ3n) is 2.06. The number of aromatic nitrogens is 2. The quantitative estimate of drug-likeness (QED) is 0.892. The maximum Gasteiger partial charge on any atom is 0.0939 e. The number of nitrogens with one attached hydrogen (secondary N) is 1. The van der Waals surface area contributed by atoms with Crippen molar-refractivity contribution < 1.29 is 0 Å². The maximum atomic E-state index is 6.10. The molecule has 2 rings (SSSR count). The summed E-state index contributed by atoms with van der Waals surface area (Å²) in [5.74, 6) is 0. The smallest absolute Gasteiger partial charge is 0.0939 e. The number of rotatable bonds is 2. The summed E-state index contributed by atoms with van der Waals surface area (Å²) < 4.78 is 0.950. The third kappa shape index (κ3) is 2.22. The number of hydrogen-bond donors (Lipinski definition) is 2. The molecule has 0 fully saturated rings. The van der Waals surface area contributed by atoms with Crippen molar-refractivity contribution in [1.29, 1.82) is 0 Å². The highest BCUT2D eigenvalue weighted by Crippen LogP contribution is 2.29. The Morgan fingerprint density at radius 2 is 2.20 bits per heavy atom. The van der Waals surface area contributed by atoms with Gasteiger partial charge in [0.15, 0.2) is 0 Å². The largest absolute Gasteiger partial charge is 0.325 e. The molecule has 1 aromatic heterocycles. The summed E-state index contributed by atoms with van der Waals surface area (Å²) in [5.41, 5.74) is 8.10. The van der Waals surface area contributed by atoms with Crippen LogP contribution in [0.3, 0.4) is 0 Å². The zero-order chi connectivity index (χ0) is 10.8. The highest BCUT2D eigenvalue weighted by Gasteiger charge is 2.07. The Bertz CT molecular complexity index is 481. The molecule has 0 aliphatic heterocycles. The second-order valence-electron chi connectivity index (χ2n) is 3.11. The van der Waals surface area contributed by atoms with Crippen LogP contribution in [-0.2, 0) is 6.54 Å². The van der Waals surface area contributed by atoms with Crippen LogP contribution in [0.25, 0.3) is 11.3 Å². The van der Waals surface area contributed by atoms with Crippen LogP contribution in [0.4, 0.5) is 0 Å². The molecule has 0 spiro atoms. The molecule has 1 aromatic carbocycles. The summed E-state index contributed by atoms with van der Waals surface area (Å²) in [4.78, 5) is 0. The first-order valence-electron chi connectivity index (χ1n) is 4.40. The van der Waals surface area contributed by atoms with Gasteiger partial charge < -0.3 is 5.73 Å². The Balaban J connectivity index is 2.44. The van der Waals surface area contributed by atoms with Crippen molar-refractivity contribution in [3.63, 3.8) is 0 Å². The monoisotopic (exact) mass is 285 g/mol. The van der Waals surface area contributed by atoms with E-state index < -0.39 is 0 Å². The fraction of sp³-hybridized carbons (Fsp3) is 0.100. The van der Waals surface area contributed by atoms with E-state index in [0.717, 1.165) is 21.4 Å². The van der Waals surface area contributed by atoms with Gasteiger partial charge in [-0.2, -0.15) is 5.10 Å². The Hall–Kier alpha value is -0.840. The first-order chi connectivity index (χ1) is 7.20. The summed E-state index contributed by atoms with van der Waals surface area (Å²) in [6.07, 6.45) is 0. The molecule has 15 heavy (non-hydrogen) atoms. The molecular weight excluding hydrogens is 277 g/mol. The van der Waals surface area contributed by atoms with Crippen molar-refractivity contribution in [3.8, 4) is 11.3 Å². The van der Waals surface area contributed by atoms with Gasteiger partial charge in [-0.05, 0) is 18.2 Å². The summed E-state index contributed by atoms with van der Waals surface area (Å²) >= 11 is 9.46. The normalized spacial score (nSPS) is 10.6. The molecular formula is C10H9BrClN3. The average molecular weight is 287 g/mol. The van der Waals surface area contributed by atoms with Crippen molar-refractivity contribution in [2.45, 2.75) is 6.54 Å². The topological polar surface area (TPSA) is 54.7 Å². The zero-order valence-electron chi connectivity index (χ0n) is 7.80. The lowest BCUT2D eigenvalue weighted by atomic mass is 10.1. The van der Waals surface area contributed by atoms with Crippen LogP contribution in [0.15, 0.2) is 28.7 Å². The van der Waals surface area contributed by atoms with Crippen molar-refractivity contribution in [2.24, 2.45) is 5.73 Å². The van der Waals surface area contributed by atoms with E-state index in [1.807, 2.05) is 24.3 Å². The van der Waals surface area contributed by atoms with Gasteiger partial charge in [-0.1, -0.05) is 33.6 Å². The average Bonchev–Trinajstić information content (AvgIpc) is 2.66. The summed E-state index contributed by atoms with van der Waals surface area (Å²) in [7, 11) is 0. The fourth-order valence-corrected chi connectivity index (χ4v) is 2.07. The predicted molar refractivity (Wildman–Crippen MR) is 64.6 cm³/mol. The minimum absolute atomic E-state index is 0.446. The summed E-state index contributed by atoms with van der Waals surface area (Å²) in [5, 5.41) is 7.66. The van der Waals surface area contributed by atoms with Crippen LogP contribution in [0.5, 0.6) is 0 Å². The first-order valence-corrected chi connectivity index (χ1v) is 5.57. The number of aromatic amines is 1. The van der Waals surface area contributed by atoms with Crippen molar-refractivity contribution in [1.82, 2.24) is 10.2 Å². The second-order valence-corrected chi connectivity index (χ2v) is 4.43.